The molecule has 0 aliphatic heterocycles. The summed E-state index contributed by atoms with van der Waals surface area (Å²) in [6.45, 7) is 3.43. The SMILES string of the molecule is COC(=O)C(C(=O)OC)[C@]1(O)[C@@H]2[C@@H](C(C(=O)O)C(=O)O)C(C)(C)C[C@H]21. The summed E-state index contributed by atoms with van der Waals surface area (Å²) in [6.07, 6.45) is 0.278. The standard InChI is InChI=1S/C16H22O9/c1-15(2)5-6-8(9(15)7(11(17)18)12(19)20)16(6,23)10(13(21)24-3)14(22)25-4/h6-10,23H,5H2,1-4H3,(H,17,18)(H,19,20)/t6-,8+,9-,16-/m1/s1. The van der Waals surface area contributed by atoms with E-state index in [4.69, 9.17) is 0 Å². The predicted octanol–water partition coefficient (Wildman–Crippen LogP) is -0.243. The van der Waals surface area contributed by atoms with E-state index in [1.165, 1.54) is 0 Å². The minimum absolute atomic E-state index is 0.278. The van der Waals surface area contributed by atoms with Gasteiger partial charge < -0.3 is 24.8 Å². The van der Waals surface area contributed by atoms with Crippen LogP contribution in [0.1, 0.15) is 20.3 Å². The highest BCUT2D eigenvalue weighted by molar-refractivity contribution is 5.98. The number of rotatable bonds is 6. The van der Waals surface area contributed by atoms with Gasteiger partial charge in [0, 0.05) is 0 Å². The molecule has 0 unspecified atom stereocenters. The highest BCUT2D eigenvalue weighted by Crippen LogP contribution is 2.73. The molecule has 0 bridgehead atoms. The van der Waals surface area contributed by atoms with E-state index in [9.17, 15) is 34.5 Å². The Hall–Kier alpha value is -2.16. The van der Waals surface area contributed by atoms with Crippen LogP contribution in [0.4, 0.5) is 0 Å². The molecule has 2 aliphatic rings. The van der Waals surface area contributed by atoms with Crippen molar-refractivity contribution in [2.45, 2.75) is 25.9 Å². The molecule has 4 atom stereocenters. The summed E-state index contributed by atoms with van der Waals surface area (Å²) in [5.74, 6) is -10.8. The van der Waals surface area contributed by atoms with Crippen LogP contribution >= 0.6 is 0 Å². The Kier molecular flexibility index (Phi) is 4.58. The maximum absolute atomic E-state index is 12.0. The van der Waals surface area contributed by atoms with Crippen LogP contribution in [0.5, 0.6) is 0 Å². The largest absolute Gasteiger partial charge is 0.481 e. The van der Waals surface area contributed by atoms with E-state index in [1.807, 2.05) is 0 Å². The summed E-state index contributed by atoms with van der Waals surface area (Å²) in [7, 11) is 2.11. The number of carbonyl (C=O) groups is 4. The first kappa shape index (κ1) is 19.2. The van der Waals surface area contributed by atoms with Gasteiger partial charge in [-0.1, -0.05) is 13.8 Å². The van der Waals surface area contributed by atoms with Crippen molar-refractivity contribution in [3.8, 4) is 0 Å². The number of esters is 2. The van der Waals surface area contributed by atoms with Crippen LogP contribution < -0.4 is 0 Å². The highest BCUT2D eigenvalue weighted by atomic mass is 16.5. The van der Waals surface area contributed by atoms with E-state index in [0.29, 0.717) is 0 Å². The molecule has 0 aromatic carbocycles. The normalized spacial score (nSPS) is 32.2. The Balaban J connectivity index is 2.46. The van der Waals surface area contributed by atoms with Gasteiger partial charge in [0.15, 0.2) is 11.8 Å². The summed E-state index contributed by atoms with van der Waals surface area (Å²) in [6, 6.07) is 0. The van der Waals surface area contributed by atoms with Gasteiger partial charge in [0.05, 0.1) is 19.8 Å². The first-order valence-electron chi connectivity index (χ1n) is 7.78. The smallest absolute Gasteiger partial charge is 0.323 e. The zero-order valence-electron chi connectivity index (χ0n) is 14.4. The lowest BCUT2D eigenvalue weighted by Gasteiger charge is -2.37. The summed E-state index contributed by atoms with van der Waals surface area (Å²) in [5, 5.41) is 29.7. The minimum atomic E-state index is -1.87. The van der Waals surface area contributed by atoms with E-state index >= 15 is 0 Å². The number of hydrogen-bond donors (Lipinski definition) is 3. The van der Waals surface area contributed by atoms with Crippen LogP contribution in [0.2, 0.25) is 0 Å². The highest BCUT2D eigenvalue weighted by Gasteiger charge is 2.80. The Morgan fingerprint density at radius 2 is 1.44 bits per heavy atom. The molecule has 0 radical (unpaired) electrons. The van der Waals surface area contributed by atoms with E-state index in [1.54, 1.807) is 13.8 Å². The van der Waals surface area contributed by atoms with E-state index in [-0.39, 0.29) is 6.42 Å². The fraction of sp³-hybridized carbons (Fsp3) is 0.750. The zero-order chi connectivity index (χ0) is 19.3. The number of hydrogen-bond acceptors (Lipinski definition) is 7. The van der Waals surface area contributed by atoms with Crippen molar-refractivity contribution in [1.29, 1.82) is 0 Å². The molecule has 25 heavy (non-hydrogen) atoms. The summed E-state index contributed by atoms with van der Waals surface area (Å²) in [4.78, 5) is 47.0. The Labute approximate surface area is 143 Å². The zero-order valence-corrected chi connectivity index (χ0v) is 14.4. The molecule has 2 rings (SSSR count). The first-order valence-corrected chi connectivity index (χ1v) is 7.78. The van der Waals surface area contributed by atoms with E-state index < -0.39 is 64.5 Å². The molecule has 0 amide bonds. The molecule has 0 aromatic rings. The van der Waals surface area contributed by atoms with Crippen LogP contribution in [-0.4, -0.2) is 59.0 Å². The number of aliphatic hydroxyl groups is 1. The fourth-order valence-corrected chi connectivity index (χ4v) is 4.70. The number of carbonyl (C=O) groups excluding carboxylic acids is 2. The Morgan fingerprint density at radius 3 is 1.80 bits per heavy atom. The number of carboxylic acid groups (broad SMARTS) is 2. The topological polar surface area (TPSA) is 147 Å². The van der Waals surface area contributed by atoms with Crippen molar-refractivity contribution in [3.63, 3.8) is 0 Å². The number of carboxylic acids is 2. The average Bonchev–Trinajstić information content (AvgIpc) is 2.91. The van der Waals surface area contributed by atoms with Gasteiger partial charge in [-0.15, -0.1) is 0 Å². The first-order chi connectivity index (χ1) is 11.4. The number of ether oxygens (including phenoxy) is 2. The summed E-state index contributed by atoms with van der Waals surface area (Å²) < 4.78 is 9.15. The summed E-state index contributed by atoms with van der Waals surface area (Å²) >= 11 is 0. The third kappa shape index (κ3) is 2.66. The Bertz CT molecular complexity index is 595. The van der Waals surface area contributed by atoms with Gasteiger partial charge in [-0.25, -0.2) is 0 Å². The van der Waals surface area contributed by atoms with Gasteiger partial charge in [0.25, 0.3) is 0 Å². The quantitative estimate of drug-likeness (QED) is 0.432. The molecule has 2 aliphatic carbocycles. The molecule has 0 aromatic heterocycles. The molecule has 9 nitrogen and oxygen atoms in total. The van der Waals surface area contributed by atoms with Crippen LogP contribution in [-0.2, 0) is 28.7 Å². The fourth-order valence-electron chi connectivity index (χ4n) is 4.70. The summed E-state index contributed by atoms with van der Waals surface area (Å²) in [5.41, 5.74) is -2.57. The third-order valence-corrected chi connectivity index (χ3v) is 5.72. The van der Waals surface area contributed by atoms with E-state index in [0.717, 1.165) is 14.2 Å². The van der Waals surface area contributed by atoms with Crippen LogP contribution in [0.25, 0.3) is 0 Å². The molecule has 140 valence electrons. The molecule has 0 heterocycles. The van der Waals surface area contributed by atoms with Crippen LogP contribution in [0, 0.1) is 35.0 Å². The van der Waals surface area contributed by atoms with Gasteiger partial charge in [0.1, 0.15) is 0 Å². The van der Waals surface area contributed by atoms with Gasteiger partial charge in [0.2, 0.25) is 0 Å². The molecule has 9 heteroatoms. The second-order valence-electron chi connectivity index (χ2n) is 7.37. The maximum Gasteiger partial charge on any atom is 0.323 e. The van der Waals surface area contributed by atoms with Gasteiger partial charge in [-0.2, -0.15) is 0 Å². The molecule has 0 spiro atoms. The average molecular weight is 358 g/mol. The molecule has 2 fully saturated rings. The van der Waals surface area contributed by atoms with Crippen LogP contribution in [0.3, 0.4) is 0 Å². The monoisotopic (exact) mass is 358 g/mol. The molecule has 2 saturated carbocycles. The molecular weight excluding hydrogens is 336 g/mol. The number of methoxy groups -OCH3 is 2. The lowest BCUT2D eigenvalue weighted by Crippen LogP contribution is -2.47. The second-order valence-corrected chi connectivity index (χ2v) is 7.37. The third-order valence-electron chi connectivity index (χ3n) is 5.72. The van der Waals surface area contributed by atoms with Crippen molar-refractivity contribution < 1.29 is 44.0 Å². The maximum atomic E-state index is 12.0. The second kappa shape index (κ2) is 5.98. The predicted molar refractivity (Wildman–Crippen MR) is 80.1 cm³/mol. The van der Waals surface area contributed by atoms with Crippen molar-refractivity contribution >= 4 is 23.9 Å². The van der Waals surface area contributed by atoms with Gasteiger partial charge in [-0.3, -0.25) is 19.2 Å². The van der Waals surface area contributed by atoms with Gasteiger partial charge >= 0.3 is 23.9 Å². The lowest BCUT2D eigenvalue weighted by molar-refractivity contribution is -0.169. The lowest BCUT2D eigenvalue weighted by atomic mass is 9.68. The van der Waals surface area contributed by atoms with Gasteiger partial charge in [-0.05, 0) is 29.6 Å². The van der Waals surface area contributed by atoms with Crippen molar-refractivity contribution in [2.75, 3.05) is 14.2 Å². The van der Waals surface area contributed by atoms with Crippen molar-refractivity contribution in [2.24, 2.45) is 35.0 Å². The van der Waals surface area contributed by atoms with Crippen molar-refractivity contribution in [1.82, 2.24) is 0 Å². The molecule has 0 saturated heterocycles. The molecular formula is C16H22O9. The molecule has 3 N–H and O–H groups in total. The number of aliphatic carboxylic acids is 2. The van der Waals surface area contributed by atoms with Crippen LogP contribution in [0.15, 0.2) is 0 Å². The van der Waals surface area contributed by atoms with E-state index in [2.05, 4.69) is 9.47 Å². The minimum Gasteiger partial charge on any atom is -0.481 e. The Morgan fingerprint density at radius 1 is 1.00 bits per heavy atom. The number of fused-ring (bicyclic) bond motifs is 1. The van der Waals surface area contributed by atoms with Crippen molar-refractivity contribution in [3.05, 3.63) is 0 Å².